The van der Waals surface area contributed by atoms with Gasteiger partial charge in [0.05, 0.1) is 18.8 Å². The number of morpholine rings is 1. The third-order valence-electron chi connectivity index (χ3n) is 10.4. The fourth-order valence-corrected chi connectivity index (χ4v) is 8.27. The van der Waals surface area contributed by atoms with Crippen LogP contribution >= 0.6 is 0 Å². The molecule has 8 nitrogen and oxygen atoms in total. The highest BCUT2D eigenvalue weighted by atomic mass is 19.4. The molecule has 0 aromatic carbocycles. The van der Waals surface area contributed by atoms with E-state index in [9.17, 15) is 49.5 Å². The molecule has 0 radical (unpaired) electrons. The minimum absolute atomic E-state index is 0.0174. The number of nitrogens with two attached hydrogens (primary N) is 1. The summed E-state index contributed by atoms with van der Waals surface area (Å²) in [5.41, 5.74) is 0.0584. The van der Waals surface area contributed by atoms with Gasteiger partial charge < -0.3 is 20.1 Å². The molecule has 16 heteroatoms. The lowest BCUT2D eigenvalue weighted by Crippen LogP contribution is -2.52. The summed E-state index contributed by atoms with van der Waals surface area (Å²) in [4.78, 5) is 36.7. The molecule has 1 aromatic heterocycles. The van der Waals surface area contributed by atoms with Gasteiger partial charge in [-0.25, -0.2) is 8.78 Å². The highest BCUT2D eigenvalue weighted by Gasteiger charge is 2.49. The number of amides is 1. The second-order valence-corrected chi connectivity index (χ2v) is 13.1. The zero-order chi connectivity index (χ0) is 34.8. The maximum absolute atomic E-state index is 13.8. The largest absolute Gasteiger partial charge is 0.481 e. The van der Waals surface area contributed by atoms with Crippen molar-refractivity contribution >= 4 is 11.9 Å². The van der Waals surface area contributed by atoms with Gasteiger partial charge >= 0.3 is 18.3 Å². The Hall–Kier alpha value is -2.75. The van der Waals surface area contributed by atoms with Crippen LogP contribution in [0.5, 0.6) is 0 Å². The monoisotopic (exact) mass is 687 g/mol. The van der Waals surface area contributed by atoms with Crippen molar-refractivity contribution in [3.8, 4) is 0 Å². The molecule has 1 aromatic rings. The maximum Gasteiger partial charge on any atom is 0.431 e. The van der Waals surface area contributed by atoms with Gasteiger partial charge in [0.15, 0.2) is 0 Å². The number of carboxylic acids is 1. The number of rotatable bonds is 6. The van der Waals surface area contributed by atoms with Crippen LogP contribution in [-0.4, -0.2) is 71.1 Å². The standard InChI is InChI=1S/C20H23F6NO3.C11H18F2N2O2/c1-27-15(20(24,25)26)9-14(19(21,22)23)17(18(27)30)13-7-6-11-10(5-8-16(28)29)3-2-4-12(11)13;12-8-5-7(15-1-3-17-4-2-15)6-9(13)10(8)11(14)16/h9-13H,2-8H2,1H3,(H,28,29);7-10H,1-6H2,(H2,14,16). The summed E-state index contributed by atoms with van der Waals surface area (Å²) in [6.45, 7) is 2.60. The molecule has 0 spiro atoms. The quantitative estimate of drug-likeness (QED) is 0.385. The Balaban J connectivity index is 0.000000248. The van der Waals surface area contributed by atoms with E-state index < -0.39 is 70.8 Å². The van der Waals surface area contributed by atoms with Gasteiger partial charge in [0.1, 0.15) is 24.0 Å². The first-order valence-electron chi connectivity index (χ1n) is 15.9. The van der Waals surface area contributed by atoms with Crippen molar-refractivity contribution in [1.82, 2.24) is 9.47 Å². The van der Waals surface area contributed by atoms with Gasteiger partial charge in [-0.15, -0.1) is 0 Å². The lowest BCUT2D eigenvalue weighted by Gasteiger charge is -2.40. The average molecular weight is 688 g/mol. The minimum Gasteiger partial charge on any atom is -0.481 e. The Kier molecular flexibility index (Phi) is 11.7. The summed E-state index contributed by atoms with van der Waals surface area (Å²) in [5.74, 6) is -4.10. The Labute approximate surface area is 266 Å². The number of carbonyl (C=O) groups is 2. The molecule has 266 valence electrons. The number of aliphatic carboxylic acids is 1. The number of primary amides is 1. The number of fused-ring (bicyclic) bond motifs is 1. The lowest BCUT2D eigenvalue weighted by atomic mass is 9.69. The molecule has 4 fully saturated rings. The highest BCUT2D eigenvalue weighted by Crippen LogP contribution is 2.54. The van der Waals surface area contributed by atoms with Crippen LogP contribution in [0.4, 0.5) is 35.1 Å². The summed E-state index contributed by atoms with van der Waals surface area (Å²) >= 11 is 0. The number of ether oxygens (including phenoxy) is 1. The molecule has 47 heavy (non-hydrogen) atoms. The van der Waals surface area contributed by atoms with Crippen molar-refractivity contribution in [2.24, 2.45) is 36.5 Å². The number of halogens is 8. The number of hydrogen-bond donors (Lipinski definition) is 2. The summed E-state index contributed by atoms with van der Waals surface area (Å²) < 4.78 is 114. The average Bonchev–Trinajstić information content (AvgIpc) is 3.40. The molecule has 3 N–H and O–H groups in total. The molecular weight excluding hydrogens is 646 g/mol. The minimum atomic E-state index is -5.09. The lowest BCUT2D eigenvalue weighted by molar-refractivity contribution is -0.148. The molecule has 4 aliphatic rings. The van der Waals surface area contributed by atoms with E-state index in [1.54, 1.807) is 0 Å². The van der Waals surface area contributed by atoms with Gasteiger partial charge in [0.2, 0.25) is 5.91 Å². The molecular formula is C31H41F8N3O5. The molecule has 1 saturated heterocycles. The van der Waals surface area contributed by atoms with Gasteiger partial charge in [-0.05, 0) is 68.3 Å². The molecule has 5 rings (SSSR count). The van der Waals surface area contributed by atoms with Crippen LogP contribution in [0.25, 0.3) is 0 Å². The van der Waals surface area contributed by atoms with Crippen molar-refractivity contribution in [3.63, 3.8) is 0 Å². The third-order valence-corrected chi connectivity index (χ3v) is 10.4. The Morgan fingerprint density at radius 3 is 2.11 bits per heavy atom. The zero-order valence-electron chi connectivity index (χ0n) is 26.0. The van der Waals surface area contributed by atoms with E-state index >= 15 is 0 Å². The van der Waals surface area contributed by atoms with Crippen LogP contribution in [0, 0.1) is 23.7 Å². The summed E-state index contributed by atoms with van der Waals surface area (Å²) in [6, 6.07) is -0.0890. The predicted octanol–water partition coefficient (Wildman–Crippen LogP) is 5.46. The van der Waals surface area contributed by atoms with Crippen LogP contribution in [-0.2, 0) is 33.7 Å². The number of alkyl halides is 8. The van der Waals surface area contributed by atoms with Gasteiger partial charge in [0, 0.05) is 38.2 Å². The van der Waals surface area contributed by atoms with Crippen LogP contribution < -0.4 is 11.3 Å². The molecule has 6 atom stereocenters. The van der Waals surface area contributed by atoms with E-state index in [1.165, 1.54) is 0 Å². The van der Waals surface area contributed by atoms with Crippen LogP contribution in [0.3, 0.4) is 0 Å². The molecule has 6 unspecified atom stereocenters. The maximum atomic E-state index is 13.8. The van der Waals surface area contributed by atoms with Crippen molar-refractivity contribution in [1.29, 1.82) is 0 Å². The van der Waals surface area contributed by atoms with Gasteiger partial charge in [0.25, 0.3) is 5.56 Å². The number of carboxylic acid groups (broad SMARTS) is 1. The molecule has 3 aliphatic carbocycles. The number of nitrogens with zero attached hydrogens (tertiary/aromatic N) is 2. The topological polar surface area (TPSA) is 115 Å². The van der Waals surface area contributed by atoms with E-state index in [-0.39, 0.29) is 60.1 Å². The van der Waals surface area contributed by atoms with Crippen molar-refractivity contribution in [3.05, 3.63) is 33.2 Å². The number of hydrogen-bond acceptors (Lipinski definition) is 5. The molecule has 0 bridgehead atoms. The zero-order valence-corrected chi connectivity index (χ0v) is 26.0. The Morgan fingerprint density at radius 2 is 1.57 bits per heavy atom. The second kappa shape index (κ2) is 14.8. The summed E-state index contributed by atoms with van der Waals surface area (Å²) in [6.07, 6.45) is -9.47. The fraction of sp³-hybridized carbons (Fsp3) is 0.774. The van der Waals surface area contributed by atoms with E-state index in [1.807, 2.05) is 4.90 Å². The van der Waals surface area contributed by atoms with Crippen LogP contribution in [0.15, 0.2) is 10.9 Å². The van der Waals surface area contributed by atoms with Gasteiger partial charge in [-0.1, -0.05) is 12.8 Å². The Bertz CT molecular complexity index is 1320. The molecule has 1 amide bonds. The van der Waals surface area contributed by atoms with Crippen molar-refractivity contribution in [2.45, 2.75) is 94.4 Å². The van der Waals surface area contributed by atoms with E-state index in [4.69, 9.17) is 15.6 Å². The van der Waals surface area contributed by atoms with E-state index in [2.05, 4.69) is 0 Å². The second-order valence-electron chi connectivity index (χ2n) is 13.1. The SMILES string of the molecule is Cn1c(C(F)(F)F)cc(C(F)(F)F)c(C2CCC3C(CCC(=O)O)CCCC23)c1=O.NC(=O)C1C(F)CC(N2CCOCC2)CC1F. The molecule has 1 aliphatic heterocycles. The molecule has 2 heterocycles. The number of pyridine rings is 1. The summed E-state index contributed by atoms with van der Waals surface area (Å²) in [5, 5.41) is 8.94. The van der Waals surface area contributed by atoms with Crippen molar-refractivity contribution < 1.29 is 54.6 Å². The number of aromatic nitrogens is 1. The smallest absolute Gasteiger partial charge is 0.431 e. The first-order valence-corrected chi connectivity index (χ1v) is 15.9. The highest BCUT2D eigenvalue weighted by molar-refractivity contribution is 5.78. The van der Waals surface area contributed by atoms with Gasteiger partial charge in [-0.2, -0.15) is 26.3 Å². The van der Waals surface area contributed by atoms with Crippen molar-refractivity contribution in [2.75, 3.05) is 26.3 Å². The van der Waals surface area contributed by atoms with E-state index in [0.717, 1.165) is 13.5 Å². The normalized spacial score (nSPS) is 31.9. The van der Waals surface area contributed by atoms with Crippen LogP contribution in [0.2, 0.25) is 0 Å². The predicted molar refractivity (Wildman–Crippen MR) is 153 cm³/mol. The third kappa shape index (κ3) is 8.46. The summed E-state index contributed by atoms with van der Waals surface area (Å²) in [7, 11) is 0.845. The first kappa shape index (κ1) is 37.1. The fourth-order valence-electron chi connectivity index (χ4n) is 8.27. The Morgan fingerprint density at radius 1 is 0.957 bits per heavy atom. The van der Waals surface area contributed by atoms with Gasteiger partial charge in [-0.3, -0.25) is 19.3 Å². The van der Waals surface area contributed by atoms with Crippen LogP contribution in [0.1, 0.15) is 80.5 Å². The van der Waals surface area contributed by atoms with E-state index in [0.29, 0.717) is 52.0 Å². The first-order chi connectivity index (χ1) is 21.9. The molecule has 3 saturated carbocycles. The number of carbonyl (C=O) groups excluding carboxylic acids is 1.